The van der Waals surface area contributed by atoms with E-state index >= 15 is 0 Å². The maximum atomic E-state index is 13.3. The van der Waals surface area contributed by atoms with E-state index in [0.717, 1.165) is 32.7 Å². The van der Waals surface area contributed by atoms with Crippen LogP contribution in [0.25, 0.3) is 22.2 Å². The van der Waals surface area contributed by atoms with Crippen LogP contribution in [-0.4, -0.2) is 34.4 Å². The predicted octanol–water partition coefficient (Wildman–Crippen LogP) is 2.49. The van der Waals surface area contributed by atoms with Crippen LogP contribution in [0.1, 0.15) is 12.0 Å². The minimum absolute atomic E-state index is 0.119. The summed E-state index contributed by atoms with van der Waals surface area (Å²) in [6.07, 6.45) is 0.528. The summed E-state index contributed by atoms with van der Waals surface area (Å²) in [5, 5.41) is 4.03. The van der Waals surface area contributed by atoms with Gasteiger partial charge in [-0.1, -0.05) is 18.2 Å². The van der Waals surface area contributed by atoms with Crippen molar-refractivity contribution in [2.45, 2.75) is 12.8 Å². The summed E-state index contributed by atoms with van der Waals surface area (Å²) in [5.41, 5.74) is 5.93. The van der Waals surface area contributed by atoms with Gasteiger partial charge in [-0.05, 0) is 47.9 Å². The van der Waals surface area contributed by atoms with Crippen LogP contribution in [0.5, 0.6) is 0 Å². The molecule has 4 amide bonds. The number of carbonyl (C=O) groups excluding carboxylic acids is 3. The second-order valence-electron chi connectivity index (χ2n) is 6.51. The van der Waals surface area contributed by atoms with E-state index in [0.29, 0.717) is 6.42 Å². The lowest BCUT2D eigenvalue weighted by molar-refractivity contribution is -0.125. The minimum Gasteiger partial charge on any atom is -0.354 e. The fraction of sp³-hybridized carbons (Fsp3) is 0.150. The van der Waals surface area contributed by atoms with Gasteiger partial charge >= 0.3 is 6.03 Å². The molecule has 0 atom stereocenters. The highest BCUT2D eigenvalue weighted by atomic mass is 19.1. The van der Waals surface area contributed by atoms with Gasteiger partial charge in [-0.15, -0.1) is 0 Å². The first-order valence-electron chi connectivity index (χ1n) is 8.77. The molecule has 2 aromatic carbocycles. The van der Waals surface area contributed by atoms with Crippen LogP contribution in [-0.2, 0) is 16.0 Å². The Bertz CT molecular complexity index is 1070. The van der Waals surface area contributed by atoms with Gasteiger partial charge in [0.25, 0.3) is 0 Å². The van der Waals surface area contributed by atoms with Crippen molar-refractivity contribution in [2.75, 3.05) is 6.54 Å². The number of hydrogen-bond acceptors (Lipinski definition) is 3. The second-order valence-corrected chi connectivity index (χ2v) is 6.51. The maximum Gasteiger partial charge on any atom is 0.343 e. The number of H-pyrrole nitrogens is 1. The Labute approximate surface area is 159 Å². The Morgan fingerprint density at radius 1 is 1.11 bits per heavy atom. The molecule has 28 heavy (non-hydrogen) atoms. The number of halogens is 1. The molecule has 2 heterocycles. The van der Waals surface area contributed by atoms with E-state index in [-0.39, 0.29) is 24.7 Å². The van der Waals surface area contributed by atoms with Crippen molar-refractivity contribution in [3.63, 3.8) is 0 Å². The Morgan fingerprint density at radius 2 is 1.86 bits per heavy atom. The number of urea groups is 1. The summed E-state index contributed by atoms with van der Waals surface area (Å²) >= 11 is 0. The van der Waals surface area contributed by atoms with Crippen molar-refractivity contribution < 1.29 is 18.8 Å². The number of aromatic amines is 1. The van der Waals surface area contributed by atoms with E-state index in [4.69, 9.17) is 0 Å². The lowest BCUT2D eigenvalue weighted by Crippen LogP contribution is -2.44. The highest BCUT2D eigenvalue weighted by Crippen LogP contribution is 2.31. The third-order valence-electron chi connectivity index (χ3n) is 4.60. The van der Waals surface area contributed by atoms with Crippen molar-refractivity contribution in [3.8, 4) is 11.3 Å². The Morgan fingerprint density at radius 3 is 2.57 bits per heavy atom. The van der Waals surface area contributed by atoms with Gasteiger partial charge in [-0.25, -0.2) is 14.2 Å². The van der Waals surface area contributed by atoms with Gasteiger partial charge in [0.15, 0.2) is 0 Å². The zero-order chi connectivity index (χ0) is 19.7. The summed E-state index contributed by atoms with van der Waals surface area (Å²) in [4.78, 5) is 38.4. The topological polar surface area (TPSA) is 94.3 Å². The number of amides is 4. The number of nitrogens with zero attached hydrogens (tertiary/aromatic N) is 1. The standard InChI is InChI=1S/C20H17FN4O3/c21-13-7-5-12(6-8-13)19-15(14-3-1-2-4-16(14)22-19)9-10-17(26)24-25-11-18(27)23-20(25)28/h1-8,22H,9-11H2,(H,24,26)(H,23,27,28). The molecule has 1 aliphatic heterocycles. The number of carbonyl (C=O) groups is 3. The molecule has 0 aliphatic carbocycles. The number of hydrogen-bond donors (Lipinski definition) is 3. The molecular formula is C20H17FN4O3. The molecular weight excluding hydrogens is 363 g/mol. The maximum absolute atomic E-state index is 13.3. The number of fused-ring (bicyclic) bond motifs is 1. The minimum atomic E-state index is -0.641. The van der Waals surface area contributed by atoms with Crippen molar-refractivity contribution in [2.24, 2.45) is 0 Å². The molecule has 7 nitrogen and oxygen atoms in total. The van der Waals surface area contributed by atoms with Crippen LogP contribution in [0.4, 0.5) is 9.18 Å². The molecule has 1 aromatic heterocycles. The number of benzene rings is 2. The van der Waals surface area contributed by atoms with E-state index in [1.165, 1.54) is 12.1 Å². The molecule has 1 aliphatic rings. The van der Waals surface area contributed by atoms with Gasteiger partial charge in [-0.3, -0.25) is 20.3 Å². The number of rotatable bonds is 5. The molecule has 0 saturated carbocycles. The van der Waals surface area contributed by atoms with Crippen molar-refractivity contribution in [1.82, 2.24) is 20.7 Å². The molecule has 0 spiro atoms. The first-order valence-corrected chi connectivity index (χ1v) is 8.77. The SMILES string of the molecule is O=C1CN(NC(=O)CCc2c(-c3ccc(F)cc3)[nH]c3ccccc23)C(=O)N1. The van der Waals surface area contributed by atoms with Gasteiger partial charge in [0, 0.05) is 23.0 Å². The number of aryl methyl sites for hydroxylation is 1. The molecule has 0 unspecified atom stereocenters. The van der Waals surface area contributed by atoms with Crippen molar-refractivity contribution >= 4 is 28.7 Å². The van der Waals surface area contributed by atoms with E-state index in [2.05, 4.69) is 15.7 Å². The predicted molar refractivity (Wildman–Crippen MR) is 100 cm³/mol. The summed E-state index contributed by atoms with van der Waals surface area (Å²) in [6, 6.07) is 13.2. The quantitative estimate of drug-likeness (QED) is 0.594. The van der Waals surface area contributed by atoms with Gasteiger partial charge in [0.05, 0.1) is 0 Å². The van der Waals surface area contributed by atoms with E-state index in [1.807, 2.05) is 24.3 Å². The molecule has 1 fully saturated rings. The van der Waals surface area contributed by atoms with E-state index < -0.39 is 11.9 Å². The van der Waals surface area contributed by atoms with Crippen LogP contribution >= 0.6 is 0 Å². The lowest BCUT2D eigenvalue weighted by Gasteiger charge is -2.14. The van der Waals surface area contributed by atoms with E-state index in [1.54, 1.807) is 12.1 Å². The Balaban J connectivity index is 1.56. The third kappa shape index (κ3) is 3.44. The highest BCUT2D eigenvalue weighted by Gasteiger charge is 2.28. The summed E-state index contributed by atoms with van der Waals surface area (Å²) in [7, 11) is 0. The lowest BCUT2D eigenvalue weighted by atomic mass is 10.0. The molecule has 4 rings (SSSR count). The molecule has 0 bridgehead atoms. The smallest absolute Gasteiger partial charge is 0.343 e. The largest absolute Gasteiger partial charge is 0.354 e. The fourth-order valence-electron chi connectivity index (χ4n) is 3.30. The van der Waals surface area contributed by atoms with Gasteiger partial charge in [-0.2, -0.15) is 0 Å². The zero-order valence-corrected chi connectivity index (χ0v) is 14.8. The zero-order valence-electron chi connectivity index (χ0n) is 14.8. The summed E-state index contributed by atoms with van der Waals surface area (Å²) in [6.45, 7) is -0.196. The number of imide groups is 1. The van der Waals surface area contributed by atoms with Crippen LogP contribution < -0.4 is 10.7 Å². The average molecular weight is 380 g/mol. The number of para-hydroxylation sites is 1. The second kappa shape index (κ2) is 7.15. The fourth-order valence-corrected chi connectivity index (χ4v) is 3.30. The molecule has 0 radical (unpaired) electrons. The van der Waals surface area contributed by atoms with Crippen molar-refractivity contribution in [1.29, 1.82) is 0 Å². The summed E-state index contributed by atoms with van der Waals surface area (Å²) in [5.74, 6) is -1.15. The molecule has 142 valence electrons. The Hall–Kier alpha value is -3.68. The molecule has 8 heteroatoms. The van der Waals surface area contributed by atoms with Gasteiger partial charge in [0.1, 0.15) is 12.4 Å². The number of aromatic nitrogens is 1. The first-order chi connectivity index (χ1) is 13.5. The Kier molecular flexibility index (Phi) is 4.52. The van der Waals surface area contributed by atoms with Crippen LogP contribution in [0.3, 0.4) is 0 Å². The van der Waals surface area contributed by atoms with Gasteiger partial charge in [0.2, 0.25) is 11.8 Å². The average Bonchev–Trinajstić information content (AvgIpc) is 3.20. The van der Waals surface area contributed by atoms with E-state index in [9.17, 15) is 18.8 Å². The molecule has 3 aromatic rings. The summed E-state index contributed by atoms with van der Waals surface area (Å²) < 4.78 is 13.3. The normalized spacial score (nSPS) is 13.8. The third-order valence-corrected chi connectivity index (χ3v) is 4.60. The highest BCUT2D eigenvalue weighted by molar-refractivity contribution is 6.02. The first kappa shape index (κ1) is 17.7. The molecule has 1 saturated heterocycles. The number of nitrogens with one attached hydrogen (secondary N) is 3. The van der Waals surface area contributed by atoms with Crippen LogP contribution in [0.15, 0.2) is 48.5 Å². The monoisotopic (exact) mass is 380 g/mol. The van der Waals surface area contributed by atoms with Gasteiger partial charge < -0.3 is 4.98 Å². The molecule has 3 N–H and O–H groups in total. The number of hydrazine groups is 1. The van der Waals surface area contributed by atoms with Crippen molar-refractivity contribution in [3.05, 3.63) is 59.9 Å². The van der Waals surface area contributed by atoms with Crippen LogP contribution in [0.2, 0.25) is 0 Å². The van der Waals surface area contributed by atoms with Crippen LogP contribution in [0, 0.1) is 5.82 Å².